The number of aromatic amines is 1. The van der Waals surface area contributed by atoms with Crippen molar-refractivity contribution >= 4 is 28.2 Å². The number of nitrogens with one attached hydrogen (secondary N) is 2. The van der Waals surface area contributed by atoms with Crippen LogP contribution in [0, 0.1) is 10.1 Å². The van der Waals surface area contributed by atoms with Crippen molar-refractivity contribution in [3.8, 4) is 11.5 Å². The second-order valence-electron chi connectivity index (χ2n) is 7.67. The molecule has 0 radical (unpaired) electrons. The van der Waals surface area contributed by atoms with Gasteiger partial charge in [-0.1, -0.05) is 30.3 Å². The van der Waals surface area contributed by atoms with Crippen molar-refractivity contribution in [3.05, 3.63) is 93.7 Å². The number of anilines is 1. The van der Waals surface area contributed by atoms with E-state index in [4.69, 9.17) is 15.2 Å². The molecule has 9 nitrogen and oxygen atoms in total. The van der Waals surface area contributed by atoms with E-state index in [0.29, 0.717) is 11.5 Å². The molecular weight excluding hydrogens is 436 g/mol. The van der Waals surface area contributed by atoms with Crippen LogP contribution in [0.5, 0.6) is 11.5 Å². The van der Waals surface area contributed by atoms with Crippen LogP contribution in [0.4, 0.5) is 11.4 Å². The summed E-state index contributed by atoms with van der Waals surface area (Å²) in [5.74, 6) is 0.395. The van der Waals surface area contributed by atoms with Crippen LogP contribution in [0.1, 0.15) is 27.4 Å². The highest BCUT2D eigenvalue weighted by Crippen LogP contribution is 2.40. The van der Waals surface area contributed by atoms with Crippen LogP contribution in [0.2, 0.25) is 0 Å². The minimum Gasteiger partial charge on any atom is -0.493 e. The third kappa shape index (κ3) is 4.23. The summed E-state index contributed by atoms with van der Waals surface area (Å²) in [4.78, 5) is 26.8. The minimum absolute atomic E-state index is 0.000615. The summed E-state index contributed by atoms with van der Waals surface area (Å²) < 4.78 is 11.1. The maximum absolute atomic E-state index is 12.9. The molecule has 1 aromatic heterocycles. The lowest BCUT2D eigenvalue weighted by Gasteiger charge is -2.22. The molecule has 0 aliphatic rings. The molecule has 3 aromatic carbocycles. The largest absolute Gasteiger partial charge is 0.493 e. The fourth-order valence-electron chi connectivity index (χ4n) is 4.10. The summed E-state index contributed by atoms with van der Waals surface area (Å²) in [6.07, 6.45) is 1.91. The van der Waals surface area contributed by atoms with E-state index in [2.05, 4.69) is 10.3 Å². The number of hydrogen-bond donors (Lipinski definition) is 3. The van der Waals surface area contributed by atoms with Crippen molar-refractivity contribution < 1.29 is 19.2 Å². The number of amides is 1. The molecule has 1 amide bonds. The molecule has 9 heteroatoms. The molecule has 0 bridgehead atoms. The number of carbonyl (C=O) groups excluding carboxylic acids is 1. The predicted molar refractivity (Wildman–Crippen MR) is 130 cm³/mol. The van der Waals surface area contributed by atoms with Gasteiger partial charge in [-0.25, -0.2) is 0 Å². The number of nitro benzene ring substituents is 1. The van der Waals surface area contributed by atoms with Crippen molar-refractivity contribution in [2.45, 2.75) is 5.92 Å². The monoisotopic (exact) mass is 460 g/mol. The van der Waals surface area contributed by atoms with Crippen LogP contribution in [-0.4, -0.2) is 36.6 Å². The number of H-pyrrole nitrogens is 1. The smallest absolute Gasteiger partial charge is 0.292 e. The molecule has 0 aliphatic carbocycles. The molecule has 174 valence electrons. The Morgan fingerprint density at radius 1 is 1.09 bits per heavy atom. The van der Waals surface area contributed by atoms with E-state index >= 15 is 0 Å². The van der Waals surface area contributed by atoms with E-state index in [9.17, 15) is 14.9 Å². The first-order chi connectivity index (χ1) is 16.4. The third-order valence-corrected chi connectivity index (χ3v) is 5.76. The summed E-state index contributed by atoms with van der Waals surface area (Å²) in [5.41, 5.74) is 8.26. The zero-order chi connectivity index (χ0) is 24.2. The summed E-state index contributed by atoms with van der Waals surface area (Å²) in [6, 6.07) is 17.5. The normalized spacial score (nSPS) is 11.7. The zero-order valence-electron chi connectivity index (χ0n) is 18.7. The van der Waals surface area contributed by atoms with E-state index < -0.39 is 10.8 Å². The average Bonchev–Trinajstić information content (AvgIpc) is 3.28. The Kier molecular flexibility index (Phi) is 6.35. The fraction of sp³-hybridized carbons (Fsp3) is 0.160. The number of nitrogen functional groups attached to an aromatic ring is 1. The molecule has 1 heterocycles. The molecule has 0 spiro atoms. The first-order valence-electron chi connectivity index (χ1n) is 10.5. The number of rotatable bonds is 8. The summed E-state index contributed by atoms with van der Waals surface area (Å²) in [6.45, 7) is 0.211. The number of methoxy groups -OCH3 is 2. The topological polar surface area (TPSA) is 133 Å². The van der Waals surface area contributed by atoms with E-state index in [0.717, 1.165) is 22.0 Å². The molecular formula is C25H24N4O5. The van der Waals surface area contributed by atoms with Gasteiger partial charge in [0.1, 0.15) is 5.69 Å². The van der Waals surface area contributed by atoms with E-state index in [1.54, 1.807) is 20.3 Å². The van der Waals surface area contributed by atoms with Gasteiger partial charge in [-0.05, 0) is 29.8 Å². The summed E-state index contributed by atoms with van der Waals surface area (Å²) in [5, 5.41) is 15.1. The maximum atomic E-state index is 12.9. The molecule has 0 saturated carbocycles. The lowest BCUT2D eigenvalue weighted by atomic mass is 9.89. The van der Waals surface area contributed by atoms with Gasteiger partial charge in [0.05, 0.1) is 19.1 Å². The quantitative estimate of drug-likeness (QED) is 0.205. The molecule has 4 rings (SSSR count). The fourth-order valence-corrected chi connectivity index (χ4v) is 4.10. The van der Waals surface area contributed by atoms with Crippen molar-refractivity contribution in [1.29, 1.82) is 0 Å². The van der Waals surface area contributed by atoms with E-state index in [-0.39, 0.29) is 29.4 Å². The standard InChI is InChI=1S/C25H24N4O5/c1-33-23-9-5-7-17(24(23)34-2)19(18-13-27-21-8-4-3-6-16(18)21)14-28-25(30)15-10-11-20(26)22(12-15)29(31)32/h3-13,19,27H,14,26H2,1-2H3,(H,28,30). The number of fused-ring (bicyclic) bond motifs is 1. The predicted octanol–water partition coefficient (Wildman–Crippen LogP) is 4.24. The number of nitro groups is 1. The minimum atomic E-state index is -0.609. The molecule has 0 aliphatic heterocycles. The van der Waals surface area contributed by atoms with Gasteiger partial charge in [0.2, 0.25) is 0 Å². The highest BCUT2D eigenvalue weighted by Gasteiger charge is 2.25. The van der Waals surface area contributed by atoms with Crippen molar-refractivity contribution in [2.75, 3.05) is 26.5 Å². The first kappa shape index (κ1) is 22.7. The van der Waals surface area contributed by atoms with Crippen molar-refractivity contribution in [2.24, 2.45) is 0 Å². The molecule has 4 aromatic rings. The third-order valence-electron chi connectivity index (χ3n) is 5.76. The Morgan fingerprint density at radius 3 is 2.62 bits per heavy atom. The summed E-state index contributed by atoms with van der Waals surface area (Å²) >= 11 is 0. The Labute approximate surface area is 195 Å². The second kappa shape index (κ2) is 9.53. The highest BCUT2D eigenvalue weighted by molar-refractivity contribution is 5.95. The Hall–Kier alpha value is -4.53. The van der Waals surface area contributed by atoms with E-state index in [1.165, 1.54) is 18.2 Å². The van der Waals surface area contributed by atoms with Gasteiger partial charge in [0, 0.05) is 46.8 Å². The lowest BCUT2D eigenvalue weighted by Crippen LogP contribution is -2.29. The molecule has 1 unspecified atom stereocenters. The van der Waals surface area contributed by atoms with E-state index in [1.807, 2.05) is 42.6 Å². The number of ether oxygens (including phenoxy) is 2. The number of para-hydroxylation sites is 2. The van der Waals surface area contributed by atoms with Gasteiger partial charge in [-0.3, -0.25) is 14.9 Å². The Morgan fingerprint density at radius 2 is 1.88 bits per heavy atom. The van der Waals surface area contributed by atoms with Gasteiger partial charge in [0.25, 0.3) is 11.6 Å². The van der Waals surface area contributed by atoms with Gasteiger partial charge in [-0.15, -0.1) is 0 Å². The van der Waals surface area contributed by atoms with Gasteiger partial charge in [0.15, 0.2) is 11.5 Å². The molecule has 34 heavy (non-hydrogen) atoms. The van der Waals surface area contributed by atoms with Gasteiger partial charge >= 0.3 is 0 Å². The highest BCUT2D eigenvalue weighted by atomic mass is 16.6. The molecule has 4 N–H and O–H groups in total. The van der Waals surface area contributed by atoms with Crippen LogP contribution < -0.4 is 20.5 Å². The molecule has 0 saturated heterocycles. The first-order valence-corrected chi connectivity index (χ1v) is 10.5. The summed E-state index contributed by atoms with van der Waals surface area (Å²) in [7, 11) is 3.14. The van der Waals surface area contributed by atoms with Crippen LogP contribution in [0.25, 0.3) is 10.9 Å². The Bertz CT molecular complexity index is 1360. The van der Waals surface area contributed by atoms with Crippen LogP contribution >= 0.6 is 0 Å². The van der Waals surface area contributed by atoms with Gasteiger partial charge in [-0.2, -0.15) is 0 Å². The van der Waals surface area contributed by atoms with Crippen LogP contribution in [0.15, 0.2) is 66.9 Å². The number of carbonyl (C=O) groups is 1. The van der Waals surface area contributed by atoms with Crippen LogP contribution in [0.3, 0.4) is 0 Å². The van der Waals surface area contributed by atoms with Crippen molar-refractivity contribution in [1.82, 2.24) is 10.3 Å². The molecule has 1 atom stereocenters. The SMILES string of the molecule is COc1cccc(C(CNC(=O)c2ccc(N)c([N+](=O)[O-])c2)c2c[nH]c3ccccc23)c1OC. The van der Waals surface area contributed by atoms with Gasteiger partial charge < -0.3 is 25.5 Å². The number of hydrogen-bond acceptors (Lipinski definition) is 6. The lowest BCUT2D eigenvalue weighted by molar-refractivity contribution is -0.383. The number of benzene rings is 3. The van der Waals surface area contributed by atoms with Crippen molar-refractivity contribution in [3.63, 3.8) is 0 Å². The zero-order valence-corrected chi connectivity index (χ0v) is 18.7. The Balaban J connectivity index is 1.72. The maximum Gasteiger partial charge on any atom is 0.292 e. The average molecular weight is 460 g/mol. The number of nitrogens with zero attached hydrogens (tertiary/aromatic N) is 1. The number of aromatic nitrogens is 1. The molecule has 0 fully saturated rings. The number of nitrogens with two attached hydrogens (primary N) is 1. The second-order valence-corrected chi connectivity index (χ2v) is 7.67. The van der Waals surface area contributed by atoms with Crippen LogP contribution in [-0.2, 0) is 0 Å².